The van der Waals surface area contributed by atoms with Crippen molar-refractivity contribution in [2.75, 3.05) is 43.1 Å². The predicted molar refractivity (Wildman–Crippen MR) is 175 cm³/mol. The van der Waals surface area contributed by atoms with Crippen molar-refractivity contribution in [2.45, 2.75) is 37.6 Å². The molecule has 0 aliphatic carbocycles. The third kappa shape index (κ3) is 9.19. The molecule has 18 heteroatoms. The van der Waals surface area contributed by atoms with Gasteiger partial charge >= 0.3 is 13.7 Å². The molecule has 2 amide bonds. The summed E-state index contributed by atoms with van der Waals surface area (Å²) in [6.07, 6.45) is 0.0414. The van der Waals surface area contributed by atoms with E-state index >= 15 is 8.78 Å². The highest BCUT2D eigenvalue weighted by Crippen LogP contribution is 2.42. The van der Waals surface area contributed by atoms with Gasteiger partial charge in [-0.2, -0.15) is 0 Å². The summed E-state index contributed by atoms with van der Waals surface area (Å²) in [6, 6.07) is 10.2. The highest BCUT2D eigenvalue weighted by atomic mass is 32.1. The summed E-state index contributed by atoms with van der Waals surface area (Å²) in [5.74, 6) is -2.24. The van der Waals surface area contributed by atoms with Crippen LogP contribution in [-0.2, 0) is 25.3 Å². The average molecular weight is 723 g/mol. The number of amides is 2. The van der Waals surface area contributed by atoms with E-state index in [4.69, 9.17) is 26.4 Å². The topological polar surface area (TPSA) is 184 Å². The summed E-state index contributed by atoms with van der Waals surface area (Å²) >= 11 is 5.13. The highest BCUT2D eigenvalue weighted by Gasteiger charge is 2.35. The summed E-state index contributed by atoms with van der Waals surface area (Å²) in [5, 5.41) is 16.7. The number of carbonyl (C=O) groups excluding carboxylic acids is 2. The molecule has 3 heterocycles. The van der Waals surface area contributed by atoms with Gasteiger partial charge in [0.15, 0.2) is 12.2 Å². The maximum absolute atomic E-state index is 15.2. The lowest BCUT2D eigenvalue weighted by molar-refractivity contribution is -0.141. The largest absolute Gasteiger partial charge is 0.471 e. The number of benzene rings is 2. The molecule has 262 valence electrons. The van der Waals surface area contributed by atoms with E-state index in [2.05, 4.69) is 15.0 Å². The van der Waals surface area contributed by atoms with Crippen molar-refractivity contribution in [3.05, 3.63) is 77.6 Å². The summed E-state index contributed by atoms with van der Waals surface area (Å²) in [6.45, 7) is 1.03. The minimum absolute atomic E-state index is 0.00204. The van der Waals surface area contributed by atoms with Crippen molar-refractivity contribution in [3.8, 4) is 5.88 Å². The van der Waals surface area contributed by atoms with Gasteiger partial charge < -0.3 is 43.8 Å². The standard InChI is InChI=1S/C31H33F2N4O10PS/c1-18(48(41,42)43)12-19-2-4-21(5-3-19)34-30(49)45-17-26(38)29(39)36-9-6-20(7-10-36)28-24(32)13-22(14-25(28)33)37-15-23(47-31(37)40)16-44-27-8-11-46-35-27/h2-6,8,11,13-14,18,23,26,38H,7,9-10,12,15-17H2,1H3,(H,34,49)(H2,41,42,43)/t18?,23-,26+/m1/s1. The van der Waals surface area contributed by atoms with Crippen molar-refractivity contribution < 1.29 is 56.6 Å². The Bertz CT molecular complexity index is 1730. The van der Waals surface area contributed by atoms with Crippen molar-refractivity contribution >= 4 is 53.9 Å². The van der Waals surface area contributed by atoms with Crippen LogP contribution in [0.1, 0.15) is 24.5 Å². The Morgan fingerprint density at radius 2 is 1.92 bits per heavy atom. The zero-order valence-corrected chi connectivity index (χ0v) is 27.7. The van der Waals surface area contributed by atoms with Gasteiger partial charge in [0.25, 0.3) is 17.0 Å². The third-order valence-electron chi connectivity index (χ3n) is 7.85. The number of hydrogen-bond donors (Lipinski definition) is 4. The number of nitrogens with one attached hydrogen (secondary N) is 1. The molecule has 2 aliphatic rings. The summed E-state index contributed by atoms with van der Waals surface area (Å²) < 4.78 is 62.5. The molecule has 3 aromatic rings. The SMILES string of the molecule is CC(Cc1ccc(NC(=S)OC[C@H](O)C(=O)N2CC=C(c3c(F)cc(N4C[C@H](COc5ccon5)OC4=O)cc3F)CC2)cc1)P(=O)(O)O. The fourth-order valence-corrected chi connectivity index (χ4v) is 5.80. The van der Waals surface area contributed by atoms with Crippen molar-refractivity contribution in [2.24, 2.45) is 0 Å². The Morgan fingerprint density at radius 3 is 2.53 bits per heavy atom. The monoisotopic (exact) mass is 722 g/mol. The Balaban J connectivity index is 1.10. The predicted octanol–water partition coefficient (Wildman–Crippen LogP) is 3.86. The van der Waals surface area contributed by atoms with Crippen LogP contribution >= 0.6 is 19.8 Å². The van der Waals surface area contributed by atoms with Crippen LogP contribution in [0.3, 0.4) is 0 Å². The van der Waals surface area contributed by atoms with Crippen molar-refractivity contribution in [1.29, 1.82) is 0 Å². The molecule has 4 N–H and O–H groups in total. The van der Waals surface area contributed by atoms with Crippen LogP contribution in [0.25, 0.3) is 5.57 Å². The molecule has 1 unspecified atom stereocenters. The first-order valence-electron chi connectivity index (χ1n) is 15.0. The number of cyclic esters (lactones) is 1. The molecule has 0 spiro atoms. The second-order valence-electron chi connectivity index (χ2n) is 11.4. The molecule has 14 nitrogen and oxygen atoms in total. The molecule has 0 radical (unpaired) electrons. The minimum atomic E-state index is -4.20. The number of aliphatic hydroxyl groups is 1. The van der Waals surface area contributed by atoms with E-state index < -0.39 is 55.7 Å². The van der Waals surface area contributed by atoms with Crippen LogP contribution in [-0.4, -0.2) is 92.8 Å². The van der Waals surface area contributed by atoms with Gasteiger partial charge in [0.05, 0.1) is 17.9 Å². The number of aliphatic hydroxyl groups excluding tert-OH is 1. The first kappa shape index (κ1) is 35.9. The smallest absolute Gasteiger partial charge is 0.414 e. The number of rotatable bonds is 12. The first-order valence-corrected chi connectivity index (χ1v) is 17.1. The summed E-state index contributed by atoms with van der Waals surface area (Å²) in [5.41, 5.74) is 0.428. The van der Waals surface area contributed by atoms with E-state index in [1.165, 1.54) is 30.2 Å². The number of ether oxygens (including phenoxy) is 3. The van der Waals surface area contributed by atoms with Gasteiger partial charge in [-0.25, -0.2) is 13.6 Å². The summed E-state index contributed by atoms with van der Waals surface area (Å²) in [4.78, 5) is 46.2. The number of carbonyl (C=O) groups is 2. The lowest BCUT2D eigenvalue weighted by Gasteiger charge is -2.29. The number of nitrogens with zero attached hydrogens (tertiary/aromatic N) is 3. The van der Waals surface area contributed by atoms with Crippen LogP contribution in [0.5, 0.6) is 5.88 Å². The number of halogens is 2. The maximum atomic E-state index is 15.2. The number of thiocarbonyl (C=S) groups is 1. The second-order valence-corrected chi connectivity index (χ2v) is 13.8. The fourth-order valence-electron chi connectivity index (χ4n) is 5.17. The molecule has 5 rings (SSSR count). The highest BCUT2D eigenvalue weighted by molar-refractivity contribution is 7.80. The van der Waals surface area contributed by atoms with E-state index in [1.807, 2.05) is 0 Å². The Morgan fingerprint density at radius 1 is 1.20 bits per heavy atom. The van der Waals surface area contributed by atoms with Gasteiger partial charge in [-0.15, -0.1) is 0 Å². The first-order chi connectivity index (χ1) is 23.3. The number of aromatic nitrogens is 1. The molecule has 2 aromatic carbocycles. The lowest BCUT2D eigenvalue weighted by Crippen LogP contribution is -2.43. The normalized spacial score (nSPS) is 17.6. The molecule has 1 saturated heterocycles. The molecule has 1 fully saturated rings. The van der Waals surface area contributed by atoms with Gasteiger partial charge in [0, 0.05) is 30.4 Å². The van der Waals surface area contributed by atoms with E-state index in [9.17, 15) is 29.0 Å². The van der Waals surface area contributed by atoms with Crippen LogP contribution in [0, 0.1) is 11.6 Å². The quantitative estimate of drug-likeness (QED) is 0.156. The fraction of sp³-hybridized carbons (Fsp3) is 0.355. The summed E-state index contributed by atoms with van der Waals surface area (Å²) in [7, 11) is -4.20. The zero-order chi connectivity index (χ0) is 35.3. The number of anilines is 2. The van der Waals surface area contributed by atoms with E-state index in [1.54, 1.807) is 24.3 Å². The molecule has 0 bridgehead atoms. The molecule has 49 heavy (non-hydrogen) atoms. The molecule has 1 aromatic heterocycles. The number of hydrogen-bond acceptors (Lipinski definition) is 10. The van der Waals surface area contributed by atoms with Crippen LogP contribution in [0.2, 0.25) is 0 Å². The molecule has 0 saturated carbocycles. The van der Waals surface area contributed by atoms with Crippen LogP contribution in [0.15, 0.2) is 59.3 Å². The molecular weight excluding hydrogens is 689 g/mol. The Labute approximate surface area is 284 Å². The molecular formula is C31H33F2N4O10PS. The van der Waals surface area contributed by atoms with E-state index in [0.717, 1.165) is 17.0 Å². The van der Waals surface area contributed by atoms with Crippen molar-refractivity contribution in [1.82, 2.24) is 10.1 Å². The van der Waals surface area contributed by atoms with Crippen LogP contribution in [0.4, 0.5) is 25.0 Å². The molecule has 2 aliphatic heterocycles. The molecule has 3 atom stereocenters. The van der Waals surface area contributed by atoms with Crippen molar-refractivity contribution in [3.63, 3.8) is 0 Å². The lowest BCUT2D eigenvalue weighted by atomic mass is 9.97. The third-order valence-corrected chi connectivity index (χ3v) is 9.40. The van der Waals surface area contributed by atoms with Crippen LogP contribution < -0.4 is 15.0 Å². The van der Waals surface area contributed by atoms with Gasteiger partial charge in [0.2, 0.25) is 0 Å². The average Bonchev–Trinajstić information content (AvgIpc) is 3.72. The van der Waals surface area contributed by atoms with Gasteiger partial charge in [0.1, 0.15) is 31.1 Å². The van der Waals surface area contributed by atoms with E-state index in [-0.39, 0.29) is 61.4 Å². The Hall–Kier alpha value is -4.41. The minimum Gasteiger partial charge on any atom is -0.471 e. The zero-order valence-electron chi connectivity index (χ0n) is 26.0. The van der Waals surface area contributed by atoms with Gasteiger partial charge in [-0.3, -0.25) is 14.3 Å². The Kier molecular flexibility index (Phi) is 11.3. The van der Waals surface area contributed by atoms with E-state index in [0.29, 0.717) is 16.8 Å². The maximum Gasteiger partial charge on any atom is 0.414 e. The van der Waals surface area contributed by atoms with Gasteiger partial charge in [-0.05, 0) is 65.6 Å². The second kappa shape index (κ2) is 15.4. The van der Waals surface area contributed by atoms with Gasteiger partial charge in [-0.1, -0.05) is 25.1 Å².